The Hall–Kier alpha value is -0.800. The van der Waals surface area contributed by atoms with Crippen molar-refractivity contribution in [2.24, 2.45) is 0 Å². The van der Waals surface area contributed by atoms with E-state index in [2.05, 4.69) is 0 Å². The smallest absolute Gasteiger partial charge is 0.142 e. The molecule has 0 bridgehead atoms. The third kappa shape index (κ3) is 3.44. The van der Waals surface area contributed by atoms with E-state index in [1.54, 1.807) is 31.2 Å². The van der Waals surface area contributed by atoms with E-state index in [1.807, 2.05) is 0 Å². The van der Waals surface area contributed by atoms with Crippen LogP contribution in [-0.4, -0.2) is 5.11 Å². The summed E-state index contributed by atoms with van der Waals surface area (Å²) in [5.74, 6) is -0.609. The van der Waals surface area contributed by atoms with Crippen molar-refractivity contribution in [1.82, 2.24) is 0 Å². The van der Waals surface area contributed by atoms with E-state index >= 15 is 0 Å². The van der Waals surface area contributed by atoms with Crippen LogP contribution in [0.4, 0.5) is 4.39 Å². The van der Waals surface area contributed by atoms with Gasteiger partial charge in [0.1, 0.15) is 5.82 Å². The third-order valence-corrected chi connectivity index (χ3v) is 3.91. The Kier molecular flexibility index (Phi) is 4.60. The molecule has 0 aromatic heterocycles. The van der Waals surface area contributed by atoms with Gasteiger partial charge in [0, 0.05) is 22.0 Å². The molecule has 0 aliphatic rings. The maximum absolute atomic E-state index is 13.6. The second-order valence-electron chi connectivity index (χ2n) is 4.82. The minimum Gasteiger partial charge on any atom is -0.385 e. The topological polar surface area (TPSA) is 20.2 Å². The predicted molar refractivity (Wildman–Crippen MR) is 81.1 cm³/mol. The summed E-state index contributed by atoms with van der Waals surface area (Å²) in [7, 11) is 0. The van der Waals surface area contributed by atoms with E-state index in [1.165, 1.54) is 12.1 Å². The van der Waals surface area contributed by atoms with Gasteiger partial charge in [0.2, 0.25) is 0 Å². The lowest BCUT2D eigenvalue weighted by Crippen LogP contribution is -2.25. The Morgan fingerprint density at radius 1 is 1.05 bits per heavy atom. The Bertz CT molecular complexity index is 624. The van der Waals surface area contributed by atoms with E-state index < -0.39 is 11.4 Å². The van der Waals surface area contributed by atoms with E-state index in [0.29, 0.717) is 10.6 Å². The molecule has 0 aliphatic carbocycles. The molecule has 2 aromatic carbocycles. The molecular weight excluding hydrogens is 322 g/mol. The van der Waals surface area contributed by atoms with Gasteiger partial charge in [-0.15, -0.1) is 0 Å². The second kappa shape index (κ2) is 5.90. The maximum atomic E-state index is 13.6. The van der Waals surface area contributed by atoms with Crippen LogP contribution in [-0.2, 0) is 12.0 Å². The van der Waals surface area contributed by atoms with Gasteiger partial charge in [-0.2, -0.15) is 0 Å². The third-order valence-electron chi connectivity index (χ3n) is 3.05. The maximum Gasteiger partial charge on any atom is 0.142 e. The highest BCUT2D eigenvalue weighted by atomic mass is 35.5. The Labute approximate surface area is 131 Å². The first kappa shape index (κ1) is 15.6. The van der Waals surface area contributed by atoms with Crippen LogP contribution in [0, 0.1) is 5.82 Å². The molecule has 0 spiro atoms. The van der Waals surface area contributed by atoms with Crippen LogP contribution < -0.4 is 0 Å². The fourth-order valence-corrected chi connectivity index (χ4v) is 2.74. The first-order chi connectivity index (χ1) is 9.29. The molecule has 5 heteroatoms. The van der Waals surface area contributed by atoms with Gasteiger partial charge in [0.25, 0.3) is 0 Å². The first-order valence-corrected chi connectivity index (χ1v) is 7.05. The Balaban J connectivity index is 2.34. The minimum absolute atomic E-state index is 0.0685. The highest BCUT2D eigenvalue weighted by Gasteiger charge is 2.27. The summed E-state index contributed by atoms with van der Waals surface area (Å²) >= 11 is 17.5. The molecule has 1 unspecified atom stereocenters. The van der Waals surface area contributed by atoms with Crippen molar-refractivity contribution in [1.29, 1.82) is 0 Å². The predicted octanol–water partition coefficient (Wildman–Crippen LogP) is 5.24. The summed E-state index contributed by atoms with van der Waals surface area (Å²) in [6.45, 7) is 1.58. The average molecular weight is 334 g/mol. The van der Waals surface area contributed by atoms with Gasteiger partial charge in [-0.25, -0.2) is 4.39 Å². The van der Waals surface area contributed by atoms with Crippen LogP contribution in [0.1, 0.15) is 18.1 Å². The van der Waals surface area contributed by atoms with Crippen molar-refractivity contribution in [3.8, 4) is 0 Å². The monoisotopic (exact) mass is 332 g/mol. The zero-order valence-electron chi connectivity index (χ0n) is 10.6. The molecule has 20 heavy (non-hydrogen) atoms. The molecule has 1 atom stereocenters. The SMILES string of the molecule is CC(O)(Cc1ccc(Cl)cc1)c1cc(F)c(Cl)cc1Cl. The van der Waals surface area contributed by atoms with Crippen molar-refractivity contribution in [2.75, 3.05) is 0 Å². The largest absolute Gasteiger partial charge is 0.385 e. The molecule has 1 nitrogen and oxygen atoms in total. The summed E-state index contributed by atoms with van der Waals surface area (Å²) in [6, 6.07) is 9.53. The lowest BCUT2D eigenvalue weighted by Gasteiger charge is -2.25. The summed E-state index contributed by atoms with van der Waals surface area (Å²) in [6.07, 6.45) is 0.283. The van der Waals surface area contributed by atoms with Crippen LogP contribution in [0.25, 0.3) is 0 Å². The summed E-state index contributed by atoms with van der Waals surface area (Å²) in [4.78, 5) is 0. The van der Waals surface area contributed by atoms with E-state index in [0.717, 1.165) is 5.56 Å². The second-order valence-corrected chi connectivity index (χ2v) is 6.07. The van der Waals surface area contributed by atoms with Crippen molar-refractivity contribution in [2.45, 2.75) is 18.9 Å². The van der Waals surface area contributed by atoms with Gasteiger partial charge in [0.15, 0.2) is 0 Å². The van der Waals surface area contributed by atoms with Crippen LogP contribution >= 0.6 is 34.8 Å². The van der Waals surface area contributed by atoms with Gasteiger partial charge >= 0.3 is 0 Å². The minimum atomic E-state index is -1.31. The molecule has 2 rings (SSSR count). The molecule has 0 saturated heterocycles. The lowest BCUT2D eigenvalue weighted by atomic mass is 9.89. The normalized spacial score (nSPS) is 14.1. The number of aliphatic hydroxyl groups is 1. The van der Waals surface area contributed by atoms with Gasteiger partial charge in [-0.1, -0.05) is 46.9 Å². The van der Waals surface area contributed by atoms with E-state index in [4.69, 9.17) is 34.8 Å². The van der Waals surface area contributed by atoms with Crippen molar-refractivity contribution >= 4 is 34.8 Å². The van der Waals surface area contributed by atoms with Crippen molar-refractivity contribution < 1.29 is 9.50 Å². The molecule has 0 amide bonds. The van der Waals surface area contributed by atoms with Crippen molar-refractivity contribution in [3.05, 3.63) is 68.4 Å². The highest BCUT2D eigenvalue weighted by molar-refractivity contribution is 6.35. The number of halogens is 4. The molecule has 0 radical (unpaired) electrons. The number of hydrogen-bond acceptors (Lipinski definition) is 1. The standard InChI is InChI=1S/C15H12Cl3FO/c1-15(20,8-9-2-4-10(16)5-3-9)11-6-14(19)13(18)7-12(11)17/h2-7,20H,8H2,1H3. The Morgan fingerprint density at radius 2 is 1.65 bits per heavy atom. The van der Waals surface area contributed by atoms with E-state index in [9.17, 15) is 9.50 Å². The van der Waals surface area contributed by atoms with Crippen LogP contribution in [0.2, 0.25) is 15.1 Å². The number of hydrogen-bond donors (Lipinski definition) is 1. The summed E-state index contributed by atoms with van der Waals surface area (Å²) in [5, 5.41) is 11.4. The van der Waals surface area contributed by atoms with Gasteiger partial charge in [0.05, 0.1) is 10.6 Å². The van der Waals surface area contributed by atoms with Crippen molar-refractivity contribution in [3.63, 3.8) is 0 Å². The van der Waals surface area contributed by atoms with Gasteiger partial charge < -0.3 is 5.11 Å². The summed E-state index contributed by atoms with van der Waals surface area (Å²) < 4.78 is 13.6. The zero-order valence-corrected chi connectivity index (χ0v) is 12.9. The highest BCUT2D eigenvalue weighted by Crippen LogP contribution is 2.34. The zero-order chi connectivity index (χ0) is 14.9. The fraction of sp³-hybridized carbons (Fsp3) is 0.200. The molecule has 106 valence electrons. The number of benzene rings is 2. The molecule has 1 N–H and O–H groups in total. The van der Waals surface area contributed by atoms with Crippen LogP contribution in [0.5, 0.6) is 0 Å². The van der Waals surface area contributed by atoms with Crippen LogP contribution in [0.3, 0.4) is 0 Å². The van der Waals surface area contributed by atoms with E-state index in [-0.39, 0.29) is 16.5 Å². The average Bonchev–Trinajstić information content (AvgIpc) is 2.36. The fourth-order valence-electron chi connectivity index (χ4n) is 2.03. The van der Waals surface area contributed by atoms with Gasteiger partial charge in [-0.3, -0.25) is 0 Å². The Morgan fingerprint density at radius 3 is 2.25 bits per heavy atom. The molecule has 0 heterocycles. The number of rotatable bonds is 3. The van der Waals surface area contributed by atoms with Gasteiger partial charge in [-0.05, 0) is 36.8 Å². The molecule has 0 aliphatic heterocycles. The molecular formula is C15H12Cl3FO. The summed E-state index contributed by atoms with van der Waals surface area (Å²) in [5.41, 5.74) is -0.141. The van der Waals surface area contributed by atoms with Crippen LogP contribution in [0.15, 0.2) is 36.4 Å². The molecule has 2 aromatic rings. The molecule has 0 saturated carbocycles. The lowest BCUT2D eigenvalue weighted by molar-refractivity contribution is 0.0574. The molecule has 0 fully saturated rings. The quantitative estimate of drug-likeness (QED) is 0.762. The first-order valence-electron chi connectivity index (χ1n) is 5.91.